The molecule has 0 aromatic heterocycles. The van der Waals surface area contributed by atoms with Crippen LogP contribution in [0.15, 0.2) is 77.7 Å². The number of benzene rings is 3. The van der Waals surface area contributed by atoms with Crippen LogP contribution in [-0.4, -0.2) is 50.9 Å². The second kappa shape index (κ2) is 14.4. The highest BCUT2D eigenvalue weighted by molar-refractivity contribution is 7.92. The predicted molar refractivity (Wildman–Crippen MR) is 163 cm³/mol. The van der Waals surface area contributed by atoms with E-state index >= 15 is 0 Å². The molecule has 0 saturated heterocycles. The molecule has 3 rings (SSSR count). The van der Waals surface area contributed by atoms with Crippen molar-refractivity contribution in [1.29, 1.82) is 0 Å². The molecule has 3 aromatic carbocycles. The van der Waals surface area contributed by atoms with Gasteiger partial charge >= 0.3 is 0 Å². The molecule has 0 aliphatic carbocycles. The molecule has 0 saturated carbocycles. The van der Waals surface area contributed by atoms with Crippen LogP contribution < -0.4 is 14.4 Å². The number of carbonyl (C=O) groups is 2. The van der Waals surface area contributed by atoms with Gasteiger partial charge in [-0.15, -0.1) is 0 Å². The number of ether oxygens (including phenoxy) is 1. The van der Waals surface area contributed by atoms with E-state index in [2.05, 4.69) is 5.32 Å². The van der Waals surface area contributed by atoms with Crippen molar-refractivity contribution >= 4 is 39.1 Å². The van der Waals surface area contributed by atoms with Gasteiger partial charge in [-0.3, -0.25) is 13.9 Å². The second-order valence-electron chi connectivity index (χ2n) is 10.2. The Hall–Kier alpha value is -3.56. The van der Waals surface area contributed by atoms with Crippen molar-refractivity contribution in [2.45, 2.75) is 52.1 Å². The third-order valence-corrected chi connectivity index (χ3v) is 8.44. The van der Waals surface area contributed by atoms with E-state index in [4.69, 9.17) is 16.3 Å². The molecule has 3 aromatic rings. The number of halogens is 1. The standard InChI is InChI=1S/C31H38ClN3O5S/c1-6-40-28-14-12-27(13-15-28)35(41(38,39)29-16-10-23(4)11-17-29)21-30(36)34(20-25-8-7-9-26(32)18-25)24(5)31(37)33-19-22(2)3/h7-18,22,24H,6,19-21H2,1-5H3,(H,33,37)/t24-/m1/s1. The number of nitrogens with zero attached hydrogens (tertiary/aromatic N) is 2. The summed E-state index contributed by atoms with van der Waals surface area (Å²) in [4.78, 5) is 28.5. The van der Waals surface area contributed by atoms with E-state index in [1.54, 1.807) is 67.6 Å². The summed E-state index contributed by atoms with van der Waals surface area (Å²) >= 11 is 6.19. The van der Waals surface area contributed by atoms with Gasteiger partial charge in [0.1, 0.15) is 18.3 Å². The summed E-state index contributed by atoms with van der Waals surface area (Å²) in [5, 5.41) is 3.36. The number of sulfonamides is 1. The third-order valence-electron chi connectivity index (χ3n) is 6.42. The minimum Gasteiger partial charge on any atom is -0.494 e. The second-order valence-corrected chi connectivity index (χ2v) is 12.5. The fourth-order valence-electron chi connectivity index (χ4n) is 4.11. The monoisotopic (exact) mass is 599 g/mol. The van der Waals surface area contributed by atoms with Crippen LogP contribution >= 0.6 is 11.6 Å². The van der Waals surface area contributed by atoms with Gasteiger partial charge in [0.2, 0.25) is 11.8 Å². The topological polar surface area (TPSA) is 96.0 Å². The summed E-state index contributed by atoms with van der Waals surface area (Å²) in [6.07, 6.45) is 0. The van der Waals surface area contributed by atoms with Crippen molar-refractivity contribution in [2.24, 2.45) is 5.92 Å². The van der Waals surface area contributed by atoms with Gasteiger partial charge in [0.05, 0.1) is 17.2 Å². The molecule has 0 spiro atoms. The molecular weight excluding hydrogens is 562 g/mol. The average Bonchev–Trinajstić information content (AvgIpc) is 2.93. The maximum absolute atomic E-state index is 14.0. The van der Waals surface area contributed by atoms with Crippen molar-refractivity contribution in [3.8, 4) is 5.75 Å². The minimum absolute atomic E-state index is 0.0499. The highest BCUT2D eigenvalue weighted by Crippen LogP contribution is 2.27. The third kappa shape index (κ3) is 8.71. The number of aryl methyl sites for hydroxylation is 1. The van der Waals surface area contributed by atoms with Crippen LogP contribution in [0.1, 0.15) is 38.8 Å². The largest absolute Gasteiger partial charge is 0.494 e. The smallest absolute Gasteiger partial charge is 0.264 e. The number of nitrogens with one attached hydrogen (secondary N) is 1. The van der Waals surface area contributed by atoms with Crippen molar-refractivity contribution in [1.82, 2.24) is 10.2 Å². The van der Waals surface area contributed by atoms with E-state index in [1.165, 1.54) is 17.0 Å². The average molecular weight is 600 g/mol. The molecule has 0 unspecified atom stereocenters. The van der Waals surface area contributed by atoms with Crippen LogP contribution in [0, 0.1) is 12.8 Å². The van der Waals surface area contributed by atoms with Crippen molar-refractivity contribution in [2.75, 3.05) is 24.0 Å². The SMILES string of the molecule is CCOc1ccc(N(CC(=O)N(Cc2cccc(Cl)c2)[C@H](C)C(=O)NCC(C)C)S(=O)(=O)c2ccc(C)cc2)cc1. The maximum Gasteiger partial charge on any atom is 0.264 e. The summed E-state index contributed by atoms with van der Waals surface area (Å²) in [7, 11) is -4.15. The van der Waals surface area contributed by atoms with E-state index in [0.29, 0.717) is 35.2 Å². The Labute approximate surface area is 248 Å². The molecule has 41 heavy (non-hydrogen) atoms. The molecule has 8 nitrogen and oxygen atoms in total. The number of amides is 2. The predicted octanol–water partition coefficient (Wildman–Crippen LogP) is 5.43. The fraction of sp³-hybridized carbons (Fsp3) is 0.355. The maximum atomic E-state index is 14.0. The van der Waals surface area contributed by atoms with E-state index < -0.39 is 28.5 Å². The van der Waals surface area contributed by atoms with Crippen LogP contribution in [-0.2, 0) is 26.2 Å². The molecule has 0 bridgehead atoms. The van der Waals surface area contributed by atoms with Crippen LogP contribution in [0.4, 0.5) is 5.69 Å². The van der Waals surface area contributed by atoms with Crippen molar-refractivity contribution in [3.63, 3.8) is 0 Å². The van der Waals surface area contributed by atoms with Gasteiger partial charge in [0.25, 0.3) is 10.0 Å². The highest BCUT2D eigenvalue weighted by Gasteiger charge is 2.32. The first kappa shape index (κ1) is 32.0. The first-order valence-electron chi connectivity index (χ1n) is 13.6. The summed E-state index contributed by atoms with van der Waals surface area (Å²) in [6, 6.07) is 19.1. The van der Waals surface area contributed by atoms with Crippen LogP contribution in [0.3, 0.4) is 0 Å². The fourth-order valence-corrected chi connectivity index (χ4v) is 5.74. The quantitative estimate of drug-likeness (QED) is 0.283. The molecule has 1 atom stereocenters. The summed E-state index contributed by atoms with van der Waals surface area (Å²) in [5.41, 5.74) is 1.91. The van der Waals surface area contributed by atoms with Gasteiger partial charge in [0.15, 0.2) is 0 Å². The molecule has 10 heteroatoms. The lowest BCUT2D eigenvalue weighted by atomic mass is 10.1. The lowest BCUT2D eigenvalue weighted by Gasteiger charge is -2.32. The lowest BCUT2D eigenvalue weighted by molar-refractivity contribution is -0.139. The number of rotatable bonds is 13. The molecule has 0 aliphatic heterocycles. The number of anilines is 1. The van der Waals surface area contributed by atoms with E-state index in [9.17, 15) is 18.0 Å². The Morgan fingerprint density at radius 3 is 2.22 bits per heavy atom. The van der Waals surface area contributed by atoms with Crippen molar-refractivity contribution in [3.05, 3.63) is 88.9 Å². The minimum atomic E-state index is -4.15. The molecule has 0 aliphatic rings. The Morgan fingerprint density at radius 1 is 0.976 bits per heavy atom. The Bertz CT molecular complexity index is 1430. The first-order chi connectivity index (χ1) is 19.4. The molecule has 0 radical (unpaired) electrons. The van der Waals surface area contributed by atoms with Gasteiger partial charge in [-0.2, -0.15) is 0 Å². The molecule has 220 valence electrons. The normalized spacial score (nSPS) is 12.1. The Balaban J connectivity index is 2.02. The molecule has 0 fully saturated rings. The zero-order valence-electron chi connectivity index (χ0n) is 24.1. The Morgan fingerprint density at radius 2 is 1.63 bits per heavy atom. The molecule has 2 amide bonds. The van der Waals surface area contributed by atoms with E-state index in [0.717, 1.165) is 9.87 Å². The van der Waals surface area contributed by atoms with Gasteiger partial charge in [0, 0.05) is 18.1 Å². The summed E-state index contributed by atoms with van der Waals surface area (Å²) in [5.74, 6) is -0.0730. The first-order valence-corrected chi connectivity index (χ1v) is 15.4. The zero-order chi connectivity index (χ0) is 30.2. The zero-order valence-corrected chi connectivity index (χ0v) is 25.7. The summed E-state index contributed by atoms with van der Waals surface area (Å²) in [6.45, 7) is 9.75. The van der Waals surface area contributed by atoms with Gasteiger partial charge in [-0.25, -0.2) is 8.42 Å². The summed E-state index contributed by atoms with van der Waals surface area (Å²) < 4.78 is 34.4. The van der Waals surface area contributed by atoms with E-state index in [-0.39, 0.29) is 23.3 Å². The Kier molecular flexibility index (Phi) is 11.2. The highest BCUT2D eigenvalue weighted by atomic mass is 35.5. The number of carbonyl (C=O) groups excluding carboxylic acids is 2. The van der Waals surface area contributed by atoms with E-state index in [1.807, 2.05) is 27.7 Å². The van der Waals surface area contributed by atoms with Crippen LogP contribution in [0.5, 0.6) is 5.75 Å². The molecule has 1 N–H and O–H groups in total. The number of hydrogen-bond donors (Lipinski definition) is 1. The molecular formula is C31H38ClN3O5S. The van der Waals surface area contributed by atoms with Gasteiger partial charge in [-0.05, 0) is 80.8 Å². The lowest BCUT2D eigenvalue weighted by Crippen LogP contribution is -2.51. The van der Waals surface area contributed by atoms with Crippen molar-refractivity contribution < 1.29 is 22.7 Å². The van der Waals surface area contributed by atoms with Gasteiger partial charge < -0.3 is 15.0 Å². The van der Waals surface area contributed by atoms with Gasteiger partial charge in [-0.1, -0.05) is 55.3 Å². The number of hydrogen-bond acceptors (Lipinski definition) is 5. The molecule has 0 heterocycles. The van der Waals surface area contributed by atoms with Crippen LogP contribution in [0.2, 0.25) is 5.02 Å². The van der Waals surface area contributed by atoms with Crippen LogP contribution in [0.25, 0.3) is 0 Å².